The normalized spacial score (nSPS) is 16.5. The van der Waals surface area contributed by atoms with E-state index in [0.29, 0.717) is 5.92 Å². The zero-order valence-electron chi connectivity index (χ0n) is 11.7. The van der Waals surface area contributed by atoms with Gasteiger partial charge in [0.1, 0.15) is 4.88 Å². The fourth-order valence-corrected chi connectivity index (χ4v) is 3.18. The van der Waals surface area contributed by atoms with E-state index in [1.807, 2.05) is 11.9 Å². The Kier molecular flexibility index (Phi) is 5.27. The second-order valence-corrected chi connectivity index (χ2v) is 5.93. The first kappa shape index (κ1) is 14.4. The van der Waals surface area contributed by atoms with Crippen molar-refractivity contribution < 1.29 is 4.79 Å². The molecule has 0 spiro atoms. The molecule has 1 fully saturated rings. The second-order valence-electron chi connectivity index (χ2n) is 5.18. The quantitative estimate of drug-likeness (QED) is 0.890. The van der Waals surface area contributed by atoms with Crippen LogP contribution in [0.5, 0.6) is 0 Å². The van der Waals surface area contributed by atoms with E-state index in [9.17, 15) is 4.79 Å². The molecule has 2 rings (SSSR count). The van der Waals surface area contributed by atoms with Gasteiger partial charge in [0, 0.05) is 13.6 Å². The molecular weight excluding hydrogens is 260 g/mol. The van der Waals surface area contributed by atoms with Gasteiger partial charge in [0.2, 0.25) is 0 Å². The van der Waals surface area contributed by atoms with E-state index in [1.54, 1.807) is 0 Å². The maximum absolute atomic E-state index is 12.4. The fourth-order valence-electron chi connectivity index (χ4n) is 2.48. The highest BCUT2D eigenvalue weighted by Crippen LogP contribution is 2.18. The molecule has 1 N–H and O–H groups in total. The van der Waals surface area contributed by atoms with Crippen molar-refractivity contribution >= 4 is 17.4 Å². The summed E-state index contributed by atoms with van der Waals surface area (Å²) in [5.74, 6) is 0.697. The van der Waals surface area contributed by atoms with E-state index in [2.05, 4.69) is 21.8 Å². The van der Waals surface area contributed by atoms with Crippen LogP contribution in [0.15, 0.2) is 0 Å². The zero-order chi connectivity index (χ0) is 13.7. The molecule has 106 valence electrons. The summed E-state index contributed by atoms with van der Waals surface area (Å²) in [6, 6.07) is 0. The molecule has 0 bridgehead atoms. The molecule has 19 heavy (non-hydrogen) atoms. The van der Waals surface area contributed by atoms with Crippen LogP contribution in [0.1, 0.15) is 41.6 Å². The maximum atomic E-state index is 12.4. The largest absolute Gasteiger partial charge is 0.341 e. The van der Waals surface area contributed by atoms with E-state index in [1.165, 1.54) is 11.5 Å². The van der Waals surface area contributed by atoms with Crippen LogP contribution in [-0.2, 0) is 6.42 Å². The number of amides is 1. The SMILES string of the molecule is CCCc1nnsc1C(=O)N(C)CC1CCNCC1. The highest BCUT2D eigenvalue weighted by Gasteiger charge is 2.22. The molecule has 0 aliphatic carbocycles. The highest BCUT2D eigenvalue weighted by molar-refractivity contribution is 7.07. The van der Waals surface area contributed by atoms with Crippen molar-refractivity contribution in [2.24, 2.45) is 5.92 Å². The number of aromatic nitrogens is 2. The number of aryl methyl sites for hydroxylation is 1. The Morgan fingerprint density at radius 3 is 2.89 bits per heavy atom. The molecule has 1 saturated heterocycles. The highest BCUT2D eigenvalue weighted by atomic mass is 32.1. The third-order valence-corrected chi connectivity index (χ3v) is 4.33. The molecule has 1 aliphatic heterocycles. The second kappa shape index (κ2) is 6.96. The van der Waals surface area contributed by atoms with Gasteiger partial charge in [-0.3, -0.25) is 4.79 Å². The molecule has 1 amide bonds. The van der Waals surface area contributed by atoms with Crippen LogP contribution in [0.2, 0.25) is 0 Å². The molecule has 0 atom stereocenters. The van der Waals surface area contributed by atoms with Crippen LogP contribution in [0.4, 0.5) is 0 Å². The van der Waals surface area contributed by atoms with Crippen molar-refractivity contribution in [1.29, 1.82) is 0 Å². The van der Waals surface area contributed by atoms with E-state index in [-0.39, 0.29) is 5.91 Å². The lowest BCUT2D eigenvalue weighted by Crippen LogP contribution is -2.37. The van der Waals surface area contributed by atoms with E-state index in [0.717, 1.165) is 55.9 Å². The predicted octanol–water partition coefficient (Wildman–Crippen LogP) is 1.56. The van der Waals surface area contributed by atoms with Gasteiger partial charge < -0.3 is 10.2 Å². The fraction of sp³-hybridized carbons (Fsp3) is 0.769. The molecule has 0 radical (unpaired) electrons. The van der Waals surface area contributed by atoms with Crippen molar-refractivity contribution in [2.45, 2.75) is 32.6 Å². The average Bonchev–Trinajstić information content (AvgIpc) is 2.87. The minimum atomic E-state index is 0.0805. The Morgan fingerprint density at radius 1 is 1.47 bits per heavy atom. The van der Waals surface area contributed by atoms with Gasteiger partial charge in [-0.15, -0.1) is 5.10 Å². The minimum absolute atomic E-state index is 0.0805. The Morgan fingerprint density at radius 2 is 2.21 bits per heavy atom. The molecule has 1 aliphatic rings. The average molecular weight is 282 g/mol. The lowest BCUT2D eigenvalue weighted by molar-refractivity contribution is 0.0766. The van der Waals surface area contributed by atoms with Gasteiger partial charge in [0.25, 0.3) is 5.91 Å². The smallest absolute Gasteiger partial charge is 0.267 e. The molecule has 5 nitrogen and oxygen atoms in total. The first-order valence-corrected chi connectivity index (χ1v) is 7.77. The van der Waals surface area contributed by atoms with Gasteiger partial charge in [0.15, 0.2) is 0 Å². The maximum Gasteiger partial charge on any atom is 0.267 e. The van der Waals surface area contributed by atoms with E-state index >= 15 is 0 Å². The first-order chi connectivity index (χ1) is 9.22. The van der Waals surface area contributed by atoms with Crippen LogP contribution < -0.4 is 5.32 Å². The Bertz CT molecular complexity index is 415. The molecule has 0 aromatic carbocycles. The number of hydrogen-bond donors (Lipinski definition) is 1. The molecule has 1 aromatic heterocycles. The molecule has 0 unspecified atom stereocenters. The van der Waals surface area contributed by atoms with Crippen molar-refractivity contribution in [1.82, 2.24) is 19.8 Å². The lowest BCUT2D eigenvalue weighted by atomic mass is 9.97. The number of nitrogens with zero attached hydrogens (tertiary/aromatic N) is 3. The predicted molar refractivity (Wildman–Crippen MR) is 76.5 cm³/mol. The number of hydrogen-bond acceptors (Lipinski definition) is 5. The van der Waals surface area contributed by atoms with Crippen LogP contribution in [0.25, 0.3) is 0 Å². The summed E-state index contributed by atoms with van der Waals surface area (Å²) in [6.45, 7) is 5.06. The van der Waals surface area contributed by atoms with Crippen LogP contribution in [-0.4, -0.2) is 47.1 Å². The standard InChI is InChI=1S/C13H22N4OS/c1-3-4-11-12(19-16-15-11)13(18)17(2)9-10-5-7-14-8-6-10/h10,14H,3-9H2,1-2H3. The number of carbonyl (C=O) groups excluding carboxylic acids is 1. The zero-order valence-corrected chi connectivity index (χ0v) is 12.5. The van der Waals surface area contributed by atoms with E-state index < -0.39 is 0 Å². The van der Waals surface area contributed by atoms with Gasteiger partial charge >= 0.3 is 0 Å². The number of carbonyl (C=O) groups is 1. The molecule has 0 saturated carbocycles. The summed E-state index contributed by atoms with van der Waals surface area (Å²) in [5.41, 5.74) is 0.856. The number of rotatable bonds is 5. The third kappa shape index (κ3) is 3.73. The minimum Gasteiger partial charge on any atom is -0.341 e. The first-order valence-electron chi connectivity index (χ1n) is 6.99. The summed E-state index contributed by atoms with van der Waals surface area (Å²) < 4.78 is 3.93. The van der Waals surface area contributed by atoms with Crippen molar-refractivity contribution in [3.63, 3.8) is 0 Å². The summed E-state index contributed by atoms with van der Waals surface area (Å²) >= 11 is 1.22. The van der Waals surface area contributed by atoms with Gasteiger partial charge in [-0.25, -0.2) is 0 Å². The Balaban J connectivity index is 1.95. The van der Waals surface area contributed by atoms with Gasteiger partial charge in [0.05, 0.1) is 5.69 Å². The van der Waals surface area contributed by atoms with E-state index in [4.69, 9.17) is 0 Å². The molecule has 2 heterocycles. The summed E-state index contributed by atoms with van der Waals surface area (Å²) in [6.07, 6.45) is 4.13. The summed E-state index contributed by atoms with van der Waals surface area (Å²) in [5, 5.41) is 7.42. The molecular formula is C13H22N4OS. The molecule has 6 heteroatoms. The Hall–Kier alpha value is -1.01. The Labute approximate surface area is 118 Å². The van der Waals surface area contributed by atoms with Gasteiger partial charge in [-0.05, 0) is 49.8 Å². The molecule has 1 aromatic rings. The van der Waals surface area contributed by atoms with Crippen LogP contribution in [0.3, 0.4) is 0 Å². The van der Waals surface area contributed by atoms with Crippen molar-refractivity contribution in [3.8, 4) is 0 Å². The van der Waals surface area contributed by atoms with Crippen LogP contribution in [0, 0.1) is 5.92 Å². The summed E-state index contributed by atoms with van der Waals surface area (Å²) in [4.78, 5) is 15.0. The van der Waals surface area contributed by atoms with Crippen molar-refractivity contribution in [3.05, 3.63) is 10.6 Å². The monoisotopic (exact) mass is 282 g/mol. The lowest BCUT2D eigenvalue weighted by Gasteiger charge is -2.27. The summed E-state index contributed by atoms with van der Waals surface area (Å²) in [7, 11) is 1.89. The van der Waals surface area contributed by atoms with Crippen molar-refractivity contribution in [2.75, 3.05) is 26.7 Å². The number of nitrogens with one attached hydrogen (secondary N) is 1. The van der Waals surface area contributed by atoms with Crippen LogP contribution >= 0.6 is 11.5 Å². The topological polar surface area (TPSA) is 58.1 Å². The van der Waals surface area contributed by atoms with Gasteiger partial charge in [-0.1, -0.05) is 17.8 Å². The van der Waals surface area contributed by atoms with Gasteiger partial charge in [-0.2, -0.15) is 0 Å². The third-order valence-electron chi connectivity index (χ3n) is 3.57. The number of piperidine rings is 1.